The highest BCUT2D eigenvalue weighted by molar-refractivity contribution is 6.33. The van der Waals surface area contributed by atoms with Crippen LogP contribution in [0.1, 0.15) is 12.5 Å². The lowest BCUT2D eigenvalue weighted by Gasteiger charge is -2.31. The Bertz CT molecular complexity index is 401. The standard InChI is InChI=1S/C15H25ClN2O2/c1-12(11-20-4)18(7-8-19-3)15-6-5-13(10-17-2)9-14(15)16/h5-6,9,12,17H,7-8,10-11H2,1-4H3. The Morgan fingerprint density at radius 3 is 2.60 bits per heavy atom. The number of ether oxygens (including phenoxy) is 2. The van der Waals surface area contributed by atoms with Gasteiger partial charge in [-0.1, -0.05) is 17.7 Å². The summed E-state index contributed by atoms with van der Waals surface area (Å²) in [5.74, 6) is 0. The summed E-state index contributed by atoms with van der Waals surface area (Å²) in [6.07, 6.45) is 0. The molecule has 1 unspecified atom stereocenters. The molecule has 0 aliphatic rings. The maximum absolute atomic E-state index is 6.43. The highest BCUT2D eigenvalue weighted by Gasteiger charge is 2.17. The quantitative estimate of drug-likeness (QED) is 0.760. The molecule has 0 aliphatic heterocycles. The van der Waals surface area contributed by atoms with Gasteiger partial charge < -0.3 is 19.7 Å². The molecule has 1 N–H and O–H groups in total. The van der Waals surface area contributed by atoms with Gasteiger partial charge >= 0.3 is 0 Å². The number of halogens is 1. The second kappa shape index (κ2) is 9.19. The lowest BCUT2D eigenvalue weighted by Crippen LogP contribution is -2.38. The van der Waals surface area contributed by atoms with E-state index in [9.17, 15) is 0 Å². The van der Waals surface area contributed by atoms with E-state index in [1.165, 1.54) is 5.56 Å². The van der Waals surface area contributed by atoms with Crippen molar-refractivity contribution in [3.05, 3.63) is 28.8 Å². The van der Waals surface area contributed by atoms with Crippen LogP contribution >= 0.6 is 11.6 Å². The summed E-state index contributed by atoms with van der Waals surface area (Å²) < 4.78 is 10.4. The van der Waals surface area contributed by atoms with E-state index in [-0.39, 0.29) is 6.04 Å². The predicted octanol–water partition coefficient (Wildman–Crippen LogP) is 2.55. The number of hydrogen-bond acceptors (Lipinski definition) is 4. The average Bonchev–Trinajstić information content (AvgIpc) is 2.42. The summed E-state index contributed by atoms with van der Waals surface area (Å²) in [5.41, 5.74) is 2.19. The lowest BCUT2D eigenvalue weighted by molar-refractivity contribution is 0.171. The zero-order chi connectivity index (χ0) is 15.0. The van der Waals surface area contributed by atoms with E-state index in [0.717, 1.165) is 23.8 Å². The summed E-state index contributed by atoms with van der Waals surface area (Å²) in [4.78, 5) is 2.22. The van der Waals surface area contributed by atoms with Crippen LogP contribution in [0.15, 0.2) is 18.2 Å². The zero-order valence-corrected chi connectivity index (χ0v) is 13.5. The molecule has 0 bridgehead atoms. The molecule has 0 aliphatic carbocycles. The zero-order valence-electron chi connectivity index (χ0n) is 12.8. The average molecular weight is 301 g/mol. The third-order valence-electron chi connectivity index (χ3n) is 3.18. The normalized spacial score (nSPS) is 12.4. The van der Waals surface area contributed by atoms with Crippen molar-refractivity contribution in [2.24, 2.45) is 0 Å². The van der Waals surface area contributed by atoms with E-state index in [4.69, 9.17) is 21.1 Å². The second-order valence-corrected chi connectivity index (χ2v) is 5.21. The van der Waals surface area contributed by atoms with E-state index in [1.54, 1.807) is 14.2 Å². The topological polar surface area (TPSA) is 33.7 Å². The van der Waals surface area contributed by atoms with Gasteiger partial charge in [0.05, 0.1) is 23.9 Å². The van der Waals surface area contributed by atoms with Crippen molar-refractivity contribution in [2.75, 3.05) is 45.9 Å². The van der Waals surface area contributed by atoms with Gasteiger partial charge in [0.25, 0.3) is 0 Å². The Hall–Kier alpha value is -0.810. The molecule has 1 rings (SSSR count). The Morgan fingerprint density at radius 1 is 1.30 bits per heavy atom. The van der Waals surface area contributed by atoms with E-state index in [1.807, 2.05) is 13.1 Å². The number of anilines is 1. The third kappa shape index (κ3) is 4.94. The second-order valence-electron chi connectivity index (χ2n) is 4.81. The highest BCUT2D eigenvalue weighted by Crippen LogP contribution is 2.28. The van der Waals surface area contributed by atoms with Gasteiger partial charge in [-0.25, -0.2) is 0 Å². The van der Waals surface area contributed by atoms with E-state index in [2.05, 4.69) is 29.3 Å². The predicted molar refractivity (Wildman–Crippen MR) is 84.8 cm³/mol. The van der Waals surface area contributed by atoms with Crippen LogP contribution in [0.3, 0.4) is 0 Å². The molecule has 1 atom stereocenters. The first-order valence-electron chi connectivity index (χ1n) is 6.81. The SMILES string of the molecule is CNCc1ccc(N(CCOC)C(C)COC)c(Cl)c1. The van der Waals surface area contributed by atoms with Gasteiger partial charge in [0.15, 0.2) is 0 Å². The Balaban J connectivity index is 2.94. The van der Waals surface area contributed by atoms with Crippen LogP contribution in [0.4, 0.5) is 5.69 Å². The molecule has 0 aromatic heterocycles. The molecule has 20 heavy (non-hydrogen) atoms. The summed E-state index contributed by atoms with van der Waals surface area (Å²) >= 11 is 6.43. The van der Waals surface area contributed by atoms with Crippen LogP contribution < -0.4 is 10.2 Å². The fourth-order valence-electron chi connectivity index (χ4n) is 2.20. The van der Waals surface area contributed by atoms with Gasteiger partial charge in [-0.15, -0.1) is 0 Å². The summed E-state index contributed by atoms with van der Waals surface area (Å²) in [6.45, 7) is 5.02. The Kier molecular flexibility index (Phi) is 7.92. The Labute approximate surface area is 127 Å². The third-order valence-corrected chi connectivity index (χ3v) is 3.48. The molecule has 114 valence electrons. The van der Waals surface area contributed by atoms with Crippen LogP contribution in [0.2, 0.25) is 5.02 Å². The maximum Gasteiger partial charge on any atom is 0.0663 e. The van der Waals surface area contributed by atoms with Crippen molar-refractivity contribution in [1.82, 2.24) is 5.32 Å². The van der Waals surface area contributed by atoms with Gasteiger partial charge in [-0.05, 0) is 31.7 Å². The monoisotopic (exact) mass is 300 g/mol. The number of nitrogens with zero attached hydrogens (tertiary/aromatic N) is 1. The van der Waals surface area contributed by atoms with Crippen molar-refractivity contribution >= 4 is 17.3 Å². The van der Waals surface area contributed by atoms with Crippen LogP contribution in [0.25, 0.3) is 0 Å². The van der Waals surface area contributed by atoms with Gasteiger partial charge in [-0.2, -0.15) is 0 Å². The molecule has 0 saturated carbocycles. The van der Waals surface area contributed by atoms with E-state index >= 15 is 0 Å². The number of benzene rings is 1. The molecule has 1 aromatic rings. The van der Waals surface area contributed by atoms with Crippen molar-refractivity contribution in [1.29, 1.82) is 0 Å². The van der Waals surface area contributed by atoms with Crippen LogP contribution in [0.5, 0.6) is 0 Å². The number of nitrogens with one attached hydrogen (secondary N) is 1. The van der Waals surface area contributed by atoms with Gasteiger partial charge in [0.2, 0.25) is 0 Å². The lowest BCUT2D eigenvalue weighted by atomic mass is 10.1. The minimum absolute atomic E-state index is 0.239. The summed E-state index contributed by atoms with van der Waals surface area (Å²) in [7, 11) is 5.34. The minimum Gasteiger partial charge on any atom is -0.383 e. The van der Waals surface area contributed by atoms with Gasteiger partial charge in [0, 0.05) is 33.4 Å². The minimum atomic E-state index is 0.239. The molecule has 1 aromatic carbocycles. The van der Waals surface area contributed by atoms with E-state index < -0.39 is 0 Å². The number of hydrogen-bond donors (Lipinski definition) is 1. The van der Waals surface area contributed by atoms with Crippen molar-refractivity contribution < 1.29 is 9.47 Å². The number of rotatable bonds is 9. The van der Waals surface area contributed by atoms with E-state index in [0.29, 0.717) is 13.2 Å². The molecule has 0 spiro atoms. The first kappa shape index (κ1) is 17.2. The molecule has 0 radical (unpaired) electrons. The molecule has 0 heterocycles. The Morgan fingerprint density at radius 2 is 2.05 bits per heavy atom. The number of methoxy groups -OCH3 is 2. The van der Waals surface area contributed by atoms with Crippen molar-refractivity contribution in [3.63, 3.8) is 0 Å². The van der Waals surface area contributed by atoms with Crippen LogP contribution in [-0.2, 0) is 16.0 Å². The largest absolute Gasteiger partial charge is 0.383 e. The molecule has 5 heteroatoms. The van der Waals surface area contributed by atoms with Gasteiger partial charge in [0.1, 0.15) is 0 Å². The van der Waals surface area contributed by atoms with Crippen molar-refractivity contribution in [2.45, 2.75) is 19.5 Å². The first-order valence-corrected chi connectivity index (χ1v) is 7.19. The molecule has 0 fully saturated rings. The van der Waals surface area contributed by atoms with Crippen LogP contribution in [-0.4, -0.2) is 47.1 Å². The fraction of sp³-hybridized carbons (Fsp3) is 0.600. The smallest absolute Gasteiger partial charge is 0.0663 e. The molecule has 0 saturated heterocycles. The highest BCUT2D eigenvalue weighted by atomic mass is 35.5. The molecular formula is C15H25ClN2O2. The summed E-state index contributed by atoms with van der Waals surface area (Å²) in [5, 5.41) is 3.89. The van der Waals surface area contributed by atoms with Crippen LogP contribution in [0, 0.1) is 0 Å². The van der Waals surface area contributed by atoms with Gasteiger partial charge in [-0.3, -0.25) is 0 Å². The fourth-order valence-corrected chi connectivity index (χ4v) is 2.51. The first-order chi connectivity index (χ1) is 9.63. The van der Waals surface area contributed by atoms with Crippen molar-refractivity contribution in [3.8, 4) is 0 Å². The molecular weight excluding hydrogens is 276 g/mol. The molecule has 4 nitrogen and oxygen atoms in total. The molecule has 0 amide bonds. The maximum atomic E-state index is 6.43. The summed E-state index contributed by atoms with van der Waals surface area (Å²) in [6, 6.07) is 6.41.